The highest BCUT2D eigenvalue weighted by Crippen LogP contribution is 2.50. The molecule has 1 amide bonds. The van der Waals surface area contributed by atoms with Crippen molar-refractivity contribution in [2.24, 2.45) is 0 Å². The molecule has 0 saturated carbocycles. The lowest BCUT2D eigenvalue weighted by molar-refractivity contribution is -0.137. The Hall–Kier alpha value is -3.29. The zero-order valence-electron chi connectivity index (χ0n) is 24.8. The molecule has 3 aromatic rings. The number of amides is 1. The number of rotatable bonds is 12. The molecule has 0 aliphatic carbocycles. The maximum atomic E-state index is 13.7. The smallest absolute Gasteiger partial charge is 0.390 e. The maximum Gasteiger partial charge on any atom is 0.416 e. The van der Waals surface area contributed by atoms with Crippen LogP contribution >= 0.6 is 10.8 Å². The summed E-state index contributed by atoms with van der Waals surface area (Å²) in [5.74, 6) is -0.195. The SMILES string of the molecule is CC(C)Nc1cc(C(=O)NC(Cc2ccccc2)C(O)CNCc2cccc(C(F)(F)F)c2)cc(N2CCCCS2(O)O)c1. The van der Waals surface area contributed by atoms with Crippen molar-refractivity contribution in [3.8, 4) is 0 Å². The molecule has 3 aromatic carbocycles. The van der Waals surface area contributed by atoms with Crippen molar-refractivity contribution in [1.82, 2.24) is 10.6 Å². The highest BCUT2D eigenvalue weighted by atomic mass is 32.3. The molecule has 2 unspecified atom stereocenters. The average Bonchev–Trinajstić information content (AvgIpc) is 2.96. The van der Waals surface area contributed by atoms with Crippen LogP contribution in [0.5, 0.6) is 0 Å². The molecule has 2 atom stereocenters. The predicted molar refractivity (Wildman–Crippen MR) is 170 cm³/mol. The summed E-state index contributed by atoms with van der Waals surface area (Å²) in [7, 11) is -3.02. The molecule has 0 spiro atoms. The van der Waals surface area contributed by atoms with Crippen molar-refractivity contribution in [2.75, 3.05) is 28.5 Å². The molecule has 1 aliphatic rings. The number of alkyl halides is 3. The molecular weight excluding hydrogens is 593 g/mol. The highest BCUT2D eigenvalue weighted by Gasteiger charge is 2.31. The van der Waals surface area contributed by atoms with Crippen molar-refractivity contribution < 1.29 is 32.2 Å². The third-order valence-corrected chi connectivity index (χ3v) is 9.26. The van der Waals surface area contributed by atoms with Gasteiger partial charge in [-0.15, -0.1) is 10.8 Å². The third-order valence-electron chi connectivity index (χ3n) is 7.32. The van der Waals surface area contributed by atoms with Crippen LogP contribution in [0.2, 0.25) is 0 Å². The summed E-state index contributed by atoms with van der Waals surface area (Å²) in [6.45, 7) is 4.48. The molecule has 0 aromatic heterocycles. The Morgan fingerprint density at radius 1 is 0.977 bits per heavy atom. The van der Waals surface area contributed by atoms with Gasteiger partial charge in [-0.3, -0.25) is 18.2 Å². The summed E-state index contributed by atoms with van der Waals surface area (Å²) >= 11 is 0. The summed E-state index contributed by atoms with van der Waals surface area (Å²) in [6, 6.07) is 18.8. The molecular formula is C32H41F3N4O4S. The van der Waals surface area contributed by atoms with Crippen molar-refractivity contribution >= 4 is 28.1 Å². The number of halogens is 3. The van der Waals surface area contributed by atoms with E-state index in [0.29, 0.717) is 36.3 Å². The van der Waals surface area contributed by atoms with Gasteiger partial charge in [0.2, 0.25) is 0 Å². The molecule has 1 fully saturated rings. The summed E-state index contributed by atoms with van der Waals surface area (Å²) < 4.78 is 62.4. The lowest BCUT2D eigenvalue weighted by atomic mass is 10.00. The van der Waals surface area contributed by atoms with E-state index in [1.807, 2.05) is 44.2 Å². The number of aliphatic hydroxyl groups is 1. The first-order valence-electron chi connectivity index (χ1n) is 14.7. The van der Waals surface area contributed by atoms with E-state index in [-0.39, 0.29) is 30.4 Å². The topological polar surface area (TPSA) is 117 Å². The van der Waals surface area contributed by atoms with E-state index >= 15 is 0 Å². The lowest BCUT2D eigenvalue weighted by Gasteiger charge is -2.47. The van der Waals surface area contributed by atoms with Crippen LogP contribution in [-0.2, 0) is 19.1 Å². The first-order valence-corrected chi connectivity index (χ1v) is 16.3. The maximum absolute atomic E-state index is 13.7. The van der Waals surface area contributed by atoms with Crippen molar-refractivity contribution in [2.45, 2.75) is 64.0 Å². The van der Waals surface area contributed by atoms with Gasteiger partial charge in [0.1, 0.15) is 0 Å². The van der Waals surface area contributed by atoms with Crippen LogP contribution in [0.3, 0.4) is 0 Å². The molecule has 1 aliphatic heterocycles. The Kier molecular flexibility index (Phi) is 11.2. The number of hydrogen-bond acceptors (Lipinski definition) is 7. The van der Waals surface area contributed by atoms with Gasteiger partial charge in [0.25, 0.3) is 5.91 Å². The summed E-state index contributed by atoms with van der Waals surface area (Å²) in [5, 5.41) is 20.4. The first kappa shape index (κ1) is 33.6. The number of anilines is 2. The number of aliphatic hydroxyl groups excluding tert-OH is 1. The lowest BCUT2D eigenvalue weighted by Crippen LogP contribution is -2.48. The number of carbonyl (C=O) groups excluding carboxylic acids is 1. The number of hydrogen-bond donors (Lipinski definition) is 6. The second-order valence-corrected chi connectivity index (χ2v) is 13.5. The van der Waals surface area contributed by atoms with Gasteiger partial charge in [-0.1, -0.05) is 48.5 Å². The van der Waals surface area contributed by atoms with Gasteiger partial charge in [0, 0.05) is 36.9 Å². The van der Waals surface area contributed by atoms with Crippen LogP contribution in [0.25, 0.3) is 0 Å². The Labute approximate surface area is 258 Å². The summed E-state index contributed by atoms with van der Waals surface area (Å²) in [6.07, 6.45) is -3.72. The summed E-state index contributed by atoms with van der Waals surface area (Å²) in [5.41, 5.74) is 2.00. The zero-order chi connectivity index (χ0) is 31.9. The standard InChI is InChI=1S/C32H41F3N4O4S/c1-22(2)37-27-17-25(18-28(19-27)39-13-6-7-14-44(39,42)43)31(41)38-29(16-23-9-4-3-5-10-23)30(40)21-36-20-24-11-8-12-26(15-24)32(33,34)35/h3-5,8-12,15,17-19,22,29-30,36-37,40,42-43H,6-7,13-14,16,20-21H2,1-2H3,(H,38,41). The van der Waals surface area contributed by atoms with Crippen molar-refractivity contribution in [3.63, 3.8) is 0 Å². The fraction of sp³-hybridized carbons (Fsp3) is 0.406. The average molecular weight is 635 g/mol. The van der Waals surface area contributed by atoms with Gasteiger partial charge in [-0.25, -0.2) is 0 Å². The zero-order valence-corrected chi connectivity index (χ0v) is 25.7. The Morgan fingerprint density at radius 3 is 2.39 bits per heavy atom. The van der Waals surface area contributed by atoms with E-state index in [2.05, 4.69) is 16.0 Å². The quantitative estimate of drug-likeness (QED) is 0.139. The molecule has 44 heavy (non-hydrogen) atoms. The van der Waals surface area contributed by atoms with E-state index in [1.54, 1.807) is 28.6 Å². The van der Waals surface area contributed by atoms with E-state index < -0.39 is 40.6 Å². The number of carbonyl (C=O) groups is 1. The molecule has 1 saturated heterocycles. The van der Waals surface area contributed by atoms with Crippen molar-refractivity contribution in [1.29, 1.82) is 0 Å². The summed E-state index contributed by atoms with van der Waals surface area (Å²) in [4.78, 5) is 13.7. The number of nitrogens with one attached hydrogen (secondary N) is 3. The van der Waals surface area contributed by atoms with Gasteiger partial charge in [0.05, 0.1) is 29.1 Å². The number of benzene rings is 3. The minimum absolute atomic E-state index is 0.0168. The van der Waals surface area contributed by atoms with Gasteiger partial charge in [-0.2, -0.15) is 13.2 Å². The minimum atomic E-state index is -4.45. The fourth-order valence-electron chi connectivity index (χ4n) is 5.18. The van der Waals surface area contributed by atoms with Crippen LogP contribution in [0.4, 0.5) is 24.5 Å². The molecule has 12 heteroatoms. The predicted octanol–water partition coefficient (Wildman–Crippen LogP) is 6.28. The van der Waals surface area contributed by atoms with Gasteiger partial charge in [0.15, 0.2) is 0 Å². The van der Waals surface area contributed by atoms with Crippen LogP contribution < -0.4 is 20.3 Å². The molecule has 0 radical (unpaired) electrons. The second kappa shape index (κ2) is 14.7. The van der Waals surface area contributed by atoms with Gasteiger partial charge >= 0.3 is 6.18 Å². The van der Waals surface area contributed by atoms with Gasteiger partial charge in [-0.05, 0) is 68.5 Å². The molecule has 240 valence electrons. The Morgan fingerprint density at radius 2 is 1.70 bits per heavy atom. The van der Waals surface area contributed by atoms with E-state index in [4.69, 9.17) is 0 Å². The van der Waals surface area contributed by atoms with Crippen molar-refractivity contribution in [3.05, 3.63) is 95.1 Å². The normalized spacial score (nSPS) is 17.2. The number of nitrogens with zero attached hydrogens (tertiary/aromatic N) is 1. The molecule has 6 N–H and O–H groups in total. The van der Waals surface area contributed by atoms with Crippen LogP contribution in [0.15, 0.2) is 72.8 Å². The molecule has 1 heterocycles. The fourth-order valence-corrected chi connectivity index (χ4v) is 6.85. The highest BCUT2D eigenvalue weighted by molar-refractivity contribution is 8.25. The van der Waals surface area contributed by atoms with E-state index in [1.165, 1.54) is 6.07 Å². The van der Waals surface area contributed by atoms with Crippen LogP contribution in [0.1, 0.15) is 53.7 Å². The first-order chi connectivity index (χ1) is 20.8. The molecule has 8 nitrogen and oxygen atoms in total. The van der Waals surface area contributed by atoms with E-state index in [9.17, 15) is 32.2 Å². The Balaban J connectivity index is 1.53. The van der Waals surface area contributed by atoms with Crippen LogP contribution in [0, 0.1) is 0 Å². The largest absolute Gasteiger partial charge is 0.416 e. The molecule has 0 bridgehead atoms. The second-order valence-electron chi connectivity index (χ2n) is 11.4. The Bertz CT molecular complexity index is 1390. The monoisotopic (exact) mass is 634 g/mol. The van der Waals surface area contributed by atoms with Gasteiger partial charge < -0.3 is 21.1 Å². The van der Waals surface area contributed by atoms with E-state index in [0.717, 1.165) is 24.1 Å². The van der Waals surface area contributed by atoms with Crippen LogP contribution in [-0.4, -0.2) is 57.1 Å². The third kappa shape index (κ3) is 9.35. The molecule has 4 rings (SSSR count). The minimum Gasteiger partial charge on any atom is -0.390 e.